The molecule has 1 aliphatic heterocycles. The molecule has 0 spiro atoms. The number of nitrogens with zero attached hydrogens (tertiary/aromatic N) is 2. The molecule has 0 fully saturated rings. The lowest BCUT2D eigenvalue weighted by atomic mass is 9.91. The molecular formula is C42H31N3. The van der Waals surface area contributed by atoms with Crippen LogP contribution in [0.15, 0.2) is 140 Å². The number of anilines is 3. The van der Waals surface area contributed by atoms with E-state index in [0.717, 1.165) is 41.8 Å². The van der Waals surface area contributed by atoms with E-state index in [1.807, 2.05) is 30.3 Å². The molecule has 0 radical (unpaired) electrons. The zero-order chi connectivity index (χ0) is 30.2. The van der Waals surface area contributed by atoms with Gasteiger partial charge < -0.3 is 10.2 Å². The standard InChI is InChI=1S/C42H31N3/c43-27-30-14-12-29(13-15-30)16-17-35(31-7-2-1-3-8-31)28-44-38-24-20-33-19-23-37-40(25-21-34-18-22-36(38)41(33)42(34)37)45-26-6-10-32-9-4-5-11-39(32)45/h1-5,7-9,11-25,28,44H,6,10,26H2/b17-16-,35-28+. The average molecular weight is 578 g/mol. The molecule has 1 heterocycles. The second-order valence-corrected chi connectivity index (χ2v) is 11.7. The van der Waals surface area contributed by atoms with E-state index in [1.165, 1.54) is 49.3 Å². The number of fused-ring (bicyclic) bond motifs is 1. The molecule has 0 unspecified atom stereocenters. The minimum atomic E-state index is 0.662. The Balaban J connectivity index is 1.22. The molecule has 0 saturated heterocycles. The number of nitriles is 1. The maximum atomic E-state index is 9.16. The summed E-state index contributed by atoms with van der Waals surface area (Å²) in [5.74, 6) is 0. The van der Waals surface area contributed by atoms with Gasteiger partial charge in [0.25, 0.3) is 0 Å². The van der Waals surface area contributed by atoms with Crippen molar-refractivity contribution in [3.8, 4) is 6.07 Å². The molecule has 0 saturated carbocycles. The number of nitrogens with one attached hydrogen (secondary N) is 1. The highest BCUT2D eigenvalue weighted by atomic mass is 15.1. The van der Waals surface area contributed by atoms with Gasteiger partial charge in [0, 0.05) is 40.6 Å². The van der Waals surface area contributed by atoms with Gasteiger partial charge in [0.1, 0.15) is 0 Å². The fraction of sp³-hybridized carbons (Fsp3) is 0.0714. The Kier molecular flexibility index (Phi) is 6.74. The van der Waals surface area contributed by atoms with E-state index in [0.29, 0.717) is 5.56 Å². The summed E-state index contributed by atoms with van der Waals surface area (Å²) >= 11 is 0. The SMILES string of the molecule is N#Cc1ccc(/C=C\C(=C/Nc2ccc3ccc4c(N5CCCc6ccccc65)ccc5ccc2c3c54)c2ccccc2)cc1. The van der Waals surface area contributed by atoms with Gasteiger partial charge in [-0.3, -0.25) is 0 Å². The summed E-state index contributed by atoms with van der Waals surface area (Å²) in [6.07, 6.45) is 8.60. The highest BCUT2D eigenvalue weighted by Crippen LogP contribution is 2.44. The van der Waals surface area contributed by atoms with Gasteiger partial charge in [0.15, 0.2) is 0 Å². The number of allylic oxidation sites excluding steroid dienone is 2. The topological polar surface area (TPSA) is 39.1 Å². The molecule has 1 N–H and O–H groups in total. The van der Waals surface area contributed by atoms with E-state index in [-0.39, 0.29) is 0 Å². The van der Waals surface area contributed by atoms with Crippen molar-refractivity contribution < 1.29 is 0 Å². The van der Waals surface area contributed by atoms with Crippen LogP contribution in [0.1, 0.15) is 28.7 Å². The Morgan fingerprint density at radius 2 is 1.40 bits per heavy atom. The fourth-order valence-corrected chi connectivity index (χ4v) is 6.80. The molecule has 0 aliphatic carbocycles. The zero-order valence-corrected chi connectivity index (χ0v) is 24.9. The first kappa shape index (κ1) is 26.8. The van der Waals surface area contributed by atoms with Crippen LogP contribution in [0.5, 0.6) is 0 Å². The minimum Gasteiger partial charge on any atom is -0.361 e. The van der Waals surface area contributed by atoms with Crippen LogP contribution in [-0.4, -0.2) is 6.54 Å². The number of rotatable bonds is 6. The Hall–Kier alpha value is -5.85. The van der Waals surface area contributed by atoms with Gasteiger partial charge in [-0.1, -0.05) is 109 Å². The summed E-state index contributed by atoms with van der Waals surface area (Å²) in [6, 6.07) is 47.2. The van der Waals surface area contributed by atoms with Crippen molar-refractivity contribution in [3.05, 3.63) is 162 Å². The first-order chi connectivity index (χ1) is 22.3. The fourth-order valence-electron chi connectivity index (χ4n) is 6.80. The van der Waals surface area contributed by atoms with Gasteiger partial charge in [0.2, 0.25) is 0 Å². The first-order valence-corrected chi connectivity index (χ1v) is 15.5. The third-order valence-corrected chi connectivity index (χ3v) is 9.03. The molecule has 1 aliphatic rings. The maximum absolute atomic E-state index is 9.16. The predicted molar refractivity (Wildman–Crippen MR) is 190 cm³/mol. The summed E-state index contributed by atoms with van der Waals surface area (Å²) in [5, 5.41) is 20.5. The zero-order valence-electron chi connectivity index (χ0n) is 24.9. The van der Waals surface area contributed by atoms with Crippen LogP contribution >= 0.6 is 0 Å². The van der Waals surface area contributed by atoms with Gasteiger partial charge >= 0.3 is 0 Å². The molecular weight excluding hydrogens is 546 g/mol. The van der Waals surface area contributed by atoms with Gasteiger partial charge in [0.05, 0.1) is 11.6 Å². The Morgan fingerprint density at radius 3 is 2.22 bits per heavy atom. The summed E-state index contributed by atoms with van der Waals surface area (Å²) in [7, 11) is 0. The monoisotopic (exact) mass is 577 g/mol. The van der Waals surface area contributed by atoms with E-state index in [9.17, 15) is 0 Å². The van der Waals surface area contributed by atoms with Crippen molar-refractivity contribution in [2.75, 3.05) is 16.8 Å². The van der Waals surface area contributed by atoms with Crippen molar-refractivity contribution in [1.82, 2.24) is 0 Å². The maximum Gasteiger partial charge on any atom is 0.0991 e. The van der Waals surface area contributed by atoms with E-state index in [1.54, 1.807) is 0 Å². The van der Waals surface area contributed by atoms with Crippen LogP contribution in [-0.2, 0) is 6.42 Å². The molecule has 7 aromatic carbocycles. The molecule has 0 aromatic heterocycles. The quantitative estimate of drug-likeness (QED) is 0.158. The van der Waals surface area contributed by atoms with Gasteiger partial charge in [-0.05, 0) is 87.0 Å². The van der Waals surface area contributed by atoms with Crippen LogP contribution in [0.25, 0.3) is 44.0 Å². The molecule has 3 heteroatoms. The summed E-state index contributed by atoms with van der Waals surface area (Å²) in [6.45, 7) is 1.02. The van der Waals surface area contributed by atoms with E-state index >= 15 is 0 Å². The lowest BCUT2D eigenvalue weighted by Gasteiger charge is -2.32. The number of para-hydroxylation sites is 1. The Bertz CT molecular complexity index is 2270. The predicted octanol–water partition coefficient (Wildman–Crippen LogP) is 10.7. The van der Waals surface area contributed by atoms with Crippen molar-refractivity contribution >= 4 is 61.0 Å². The number of aryl methyl sites for hydroxylation is 1. The number of hydrogen-bond acceptors (Lipinski definition) is 3. The van der Waals surface area contributed by atoms with Gasteiger partial charge in [-0.2, -0.15) is 5.26 Å². The van der Waals surface area contributed by atoms with Crippen LogP contribution < -0.4 is 10.2 Å². The summed E-state index contributed by atoms with van der Waals surface area (Å²) in [4.78, 5) is 2.51. The normalized spacial score (nSPS) is 13.5. The lowest BCUT2D eigenvalue weighted by Crippen LogP contribution is -2.24. The van der Waals surface area contributed by atoms with Crippen molar-refractivity contribution in [1.29, 1.82) is 5.26 Å². The minimum absolute atomic E-state index is 0.662. The largest absolute Gasteiger partial charge is 0.361 e. The van der Waals surface area contributed by atoms with Gasteiger partial charge in [-0.15, -0.1) is 0 Å². The highest BCUT2D eigenvalue weighted by molar-refractivity contribution is 6.27. The number of benzene rings is 7. The molecule has 214 valence electrons. The number of hydrogen-bond donors (Lipinski definition) is 1. The smallest absolute Gasteiger partial charge is 0.0991 e. The molecule has 0 bridgehead atoms. The Morgan fingerprint density at radius 1 is 0.689 bits per heavy atom. The highest BCUT2D eigenvalue weighted by Gasteiger charge is 2.21. The third-order valence-electron chi connectivity index (χ3n) is 9.03. The summed E-state index contributed by atoms with van der Waals surface area (Å²) in [5.41, 5.74) is 9.01. The van der Waals surface area contributed by atoms with E-state index in [2.05, 4.69) is 132 Å². The summed E-state index contributed by atoms with van der Waals surface area (Å²) < 4.78 is 0. The molecule has 8 rings (SSSR count). The molecule has 7 aromatic rings. The van der Waals surface area contributed by atoms with Crippen molar-refractivity contribution in [3.63, 3.8) is 0 Å². The van der Waals surface area contributed by atoms with Gasteiger partial charge in [-0.25, -0.2) is 0 Å². The first-order valence-electron chi connectivity index (χ1n) is 15.5. The van der Waals surface area contributed by atoms with Crippen LogP contribution in [0.4, 0.5) is 17.1 Å². The molecule has 45 heavy (non-hydrogen) atoms. The lowest BCUT2D eigenvalue weighted by molar-refractivity contribution is 0.768. The molecule has 3 nitrogen and oxygen atoms in total. The second kappa shape index (κ2) is 11.3. The van der Waals surface area contributed by atoms with E-state index in [4.69, 9.17) is 5.26 Å². The van der Waals surface area contributed by atoms with E-state index < -0.39 is 0 Å². The molecule has 0 atom stereocenters. The van der Waals surface area contributed by atoms with Crippen molar-refractivity contribution in [2.45, 2.75) is 12.8 Å². The Labute approximate surface area is 263 Å². The molecule has 0 amide bonds. The van der Waals surface area contributed by atoms with Crippen LogP contribution in [0.3, 0.4) is 0 Å². The average Bonchev–Trinajstić information content (AvgIpc) is 3.11. The van der Waals surface area contributed by atoms with Crippen LogP contribution in [0.2, 0.25) is 0 Å². The second-order valence-electron chi connectivity index (χ2n) is 11.7. The third kappa shape index (κ3) is 4.87. The van der Waals surface area contributed by atoms with Crippen LogP contribution in [0, 0.1) is 11.3 Å². The van der Waals surface area contributed by atoms with Crippen molar-refractivity contribution in [2.24, 2.45) is 0 Å².